The van der Waals surface area contributed by atoms with E-state index < -0.39 is 22.8 Å². The van der Waals surface area contributed by atoms with Gasteiger partial charge in [-0.15, -0.1) is 0 Å². The fourth-order valence-electron chi connectivity index (χ4n) is 3.21. The molecule has 1 aromatic rings. The van der Waals surface area contributed by atoms with Crippen LogP contribution >= 0.6 is 11.6 Å². The quantitative estimate of drug-likeness (QED) is 0.665. The van der Waals surface area contributed by atoms with Crippen molar-refractivity contribution in [2.24, 2.45) is 0 Å². The predicted molar refractivity (Wildman–Crippen MR) is 120 cm³/mol. The van der Waals surface area contributed by atoms with Crippen molar-refractivity contribution in [1.29, 1.82) is 0 Å². The molecule has 1 saturated heterocycles. The highest BCUT2D eigenvalue weighted by molar-refractivity contribution is 6.30. The largest absolute Gasteiger partial charge is 0.444 e. The molecule has 0 spiro atoms. The fraction of sp³-hybridized carbons (Fsp3) is 0.652. The lowest BCUT2D eigenvalue weighted by Gasteiger charge is -2.42. The highest BCUT2D eigenvalue weighted by Crippen LogP contribution is 2.26. The van der Waals surface area contributed by atoms with Gasteiger partial charge < -0.3 is 24.4 Å². The van der Waals surface area contributed by atoms with E-state index in [2.05, 4.69) is 5.32 Å². The maximum Gasteiger partial charge on any atom is 0.410 e. The first kappa shape index (κ1) is 25.3. The molecule has 0 aliphatic carbocycles. The van der Waals surface area contributed by atoms with Crippen LogP contribution in [0.4, 0.5) is 9.59 Å². The molecule has 1 N–H and O–H groups in total. The molecule has 31 heavy (non-hydrogen) atoms. The molecule has 0 aromatic heterocycles. The number of alkyl carbamates (subject to hydrolysis) is 1. The van der Waals surface area contributed by atoms with Crippen LogP contribution in [-0.4, -0.2) is 53.5 Å². The van der Waals surface area contributed by atoms with Crippen molar-refractivity contribution in [1.82, 2.24) is 10.2 Å². The lowest BCUT2D eigenvalue weighted by Crippen LogP contribution is -2.59. The number of carbonyl (C=O) groups excluding carboxylic acids is 2. The summed E-state index contributed by atoms with van der Waals surface area (Å²) >= 11 is 5.93. The van der Waals surface area contributed by atoms with Crippen LogP contribution in [0.1, 0.15) is 59.9 Å². The molecule has 7 nitrogen and oxygen atoms in total. The Hall–Kier alpha value is -1.99. The average molecular weight is 455 g/mol. The van der Waals surface area contributed by atoms with E-state index in [-0.39, 0.29) is 6.09 Å². The Labute approximate surface area is 190 Å². The fourth-order valence-corrected chi connectivity index (χ4v) is 3.34. The molecule has 0 bridgehead atoms. The SMILES string of the molecule is CC(C)(C)OC(=O)NC1(COCc2ccc(Cl)cc2)CCN(C(=O)OC(C)(C)C)CC1. The van der Waals surface area contributed by atoms with Crippen molar-refractivity contribution in [3.05, 3.63) is 34.9 Å². The first-order valence-corrected chi connectivity index (χ1v) is 11.0. The lowest BCUT2D eigenvalue weighted by molar-refractivity contribution is -0.00818. The number of hydrogen-bond acceptors (Lipinski definition) is 5. The molecule has 1 aliphatic heterocycles. The number of piperidine rings is 1. The summed E-state index contributed by atoms with van der Waals surface area (Å²) in [7, 11) is 0. The zero-order valence-electron chi connectivity index (χ0n) is 19.4. The second-order valence-corrected chi connectivity index (χ2v) is 10.4. The summed E-state index contributed by atoms with van der Waals surface area (Å²) in [5.74, 6) is 0. The van der Waals surface area contributed by atoms with E-state index in [1.54, 1.807) is 4.90 Å². The number of ether oxygens (including phenoxy) is 3. The number of carbonyl (C=O) groups is 2. The zero-order chi connectivity index (χ0) is 23.3. The molecule has 0 unspecified atom stereocenters. The van der Waals surface area contributed by atoms with Gasteiger partial charge >= 0.3 is 12.2 Å². The smallest absolute Gasteiger partial charge is 0.410 e. The average Bonchev–Trinajstić information content (AvgIpc) is 2.61. The Morgan fingerprint density at radius 1 is 1.00 bits per heavy atom. The van der Waals surface area contributed by atoms with E-state index in [1.807, 2.05) is 65.8 Å². The monoisotopic (exact) mass is 454 g/mol. The molecular weight excluding hydrogens is 420 g/mol. The molecule has 1 heterocycles. The first-order valence-electron chi connectivity index (χ1n) is 10.6. The van der Waals surface area contributed by atoms with Crippen molar-refractivity contribution < 1.29 is 23.8 Å². The molecule has 0 saturated carbocycles. The third kappa shape index (κ3) is 8.95. The highest BCUT2D eigenvalue weighted by atomic mass is 35.5. The van der Waals surface area contributed by atoms with E-state index in [0.717, 1.165) is 5.56 Å². The maximum atomic E-state index is 12.5. The summed E-state index contributed by atoms with van der Waals surface area (Å²) in [5, 5.41) is 3.67. The van der Waals surface area contributed by atoms with Gasteiger partial charge in [-0.25, -0.2) is 9.59 Å². The van der Waals surface area contributed by atoms with Crippen LogP contribution in [0, 0.1) is 0 Å². The van der Waals surface area contributed by atoms with Gasteiger partial charge in [-0.3, -0.25) is 0 Å². The Bertz CT molecular complexity index is 745. The molecule has 1 aromatic carbocycles. The van der Waals surface area contributed by atoms with Crippen molar-refractivity contribution in [2.75, 3.05) is 19.7 Å². The van der Waals surface area contributed by atoms with Crippen LogP contribution in [0.3, 0.4) is 0 Å². The van der Waals surface area contributed by atoms with Crippen molar-refractivity contribution in [3.8, 4) is 0 Å². The van der Waals surface area contributed by atoms with Crippen LogP contribution in [0.15, 0.2) is 24.3 Å². The first-order chi connectivity index (χ1) is 14.3. The maximum absolute atomic E-state index is 12.5. The summed E-state index contributed by atoms with van der Waals surface area (Å²) in [6.45, 7) is 12.6. The summed E-state index contributed by atoms with van der Waals surface area (Å²) in [4.78, 5) is 26.6. The number of nitrogens with one attached hydrogen (secondary N) is 1. The summed E-state index contributed by atoms with van der Waals surface area (Å²) in [6, 6.07) is 7.44. The van der Waals surface area contributed by atoms with Crippen molar-refractivity contribution in [2.45, 2.75) is 77.7 Å². The third-order valence-electron chi connectivity index (χ3n) is 4.70. The highest BCUT2D eigenvalue weighted by Gasteiger charge is 2.39. The van der Waals surface area contributed by atoms with E-state index >= 15 is 0 Å². The van der Waals surface area contributed by atoms with Crippen molar-refractivity contribution >= 4 is 23.8 Å². The second-order valence-electron chi connectivity index (χ2n) is 9.99. The molecule has 0 atom stereocenters. The standard InChI is InChI=1S/C23H35ClN2O5/c1-21(2,3)30-19(27)25-23(16-29-15-17-7-9-18(24)10-8-17)11-13-26(14-12-23)20(28)31-22(4,5)6/h7-10H,11-16H2,1-6H3,(H,25,27). The van der Waals surface area contributed by atoms with Gasteiger partial charge in [0.05, 0.1) is 18.8 Å². The Balaban J connectivity index is 2.02. The van der Waals surface area contributed by atoms with E-state index in [1.165, 1.54) is 0 Å². The number of hydrogen-bond donors (Lipinski definition) is 1. The van der Waals surface area contributed by atoms with Crippen molar-refractivity contribution in [3.63, 3.8) is 0 Å². The number of amides is 2. The van der Waals surface area contributed by atoms with Gasteiger partial charge in [0.15, 0.2) is 0 Å². The summed E-state index contributed by atoms with van der Waals surface area (Å²) < 4.78 is 16.9. The van der Waals surface area contributed by atoms with Crippen LogP contribution in [0.5, 0.6) is 0 Å². The van der Waals surface area contributed by atoms with Gasteiger partial charge in [0, 0.05) is 18.1 Å². The van der Waals surface area contributed by atoms with Crippen LogP contribution in [0.25, 0.3) is 0 Å². The topological polar surface area (TPSA) is 77.1 Å². The molecule has 8 heteroatoms. The molecule has 2 amide bonds. The minimum absolute atomic E-state index is 0.303. The van der Waals surface area contributed by atoms with Gasteiger partial charge in [0.1, 0.15) is 11.2 Å². The summed E-state index contributed by atoms with van der Waals surface area (Å²) in [5.41, 5.74) is -0.801. The third-order valence-corrected chi connectivity index (χ3v) is 4.95. The predicted octanol–water partition coefficient (Wildman–Crippen LogP) is 5.15. The summed E-state index contributed by atoms with van der Waals surface area (Å²) in [6.07, 6.45) is 0.229. The normalized spacial score (nSPS) is 16.5. The van der Waals surface area contributed by atoms with Crippen LogP contribution in [-0.2, 0) is 20.8 Å². The zero-order valence-corrected chi connectivity index (χ0v) is 20.2. The molecule has 1 aliphatic rings. The Morgan fingerprint density at radius 3 is 2.06 bits per heavy atom. The molecule has 1 fully saturated rings. The number of benzene rings is 1. The number of rotatable bonds is 5. The minimum atomic E-state index is -0.632. The van der Waals surface area contributed by atoms with E-state index in [0.29, 0.717) is 44.2 Å². The molecule has 0 radical (unpaired) electrons. The lowest BCUT2D eigenvalue weighted by atomic mass is 9.88. The van der Waals surface area contributed by atoms with Gasteiger partial charge in [-0.2, -0.15) is 0 Å². The van der Waals surface area contributed by atoms with Gasteiger partial charge in [-0.05, 0) is 72.1 Å². The van der Waals surface area contributed by atoms with E-state index in [4.69, 9.17) is 25.8 Å². The number of halogens is 1. The van der Waals surface area contributed by atoms with Gasteiger partial charge in [-0.1, -0.05) is 23.7 Å². The number of nitrogens with zero attached hydrogens (tertiary/aromatic N) is 1. The van der Waals surface area contributed by atoms with E-state index in [9.17, 15) is 9.59 Å². The number of likely N-dealkylation sites (tertiary alicyclic amines) is 1. The van der Waals surface area contributed by atoms with Gasteiger partial charge in [0.25, 0.3) is 0 Å². The second kappa shape index (κ2) is 10.1. The van der Waals surface area contributed by atoms with Crippen LogP contribution < -0.4 is 5.32 Å². The Kier molecular flexibility index (Phi) is 8.22. The van der Waals surface area contributed by atoms with Crippen LogP contribution in [0.2, 0.25) is 5.02 Å². The van der Waals surface area contributed by atoms with Gasteiger partial charge in [0.2, 0.25) is 0 Å². The Morgan fingerprint density at radius 2 is 1.55 bits per heavy atom. The molecule has 174 valence electrons. The molecule has 2 rings (SSSR count). The minimum Gasteiger partial charge on any atom is -0.444 e. The molecular formula is C23H35ClN2O5.